The Labute approximate surface area is 128 Å². The Hall–Kier alpha value is -1.36. The quantitative estimate of drug-likeness (QED) is 0.915. The number of thiophene rings is 1. The van der Waals surface area contributed by atoms with Gasteiger partial charge in [0, 0.05) is 19.6 Å². The lowest BCUT2D eigenvalue weighted by Crippen LogP contribution is -2.22. The van der Waals surface area contributed by atoms with Crippen LogP contribution in [0.4, 0.5) is 0 Å². The van der Waals surface area contributed by atoms with Gasteiger partial charge in [0.05, 0.1) is 4.88 Å². The van der Waals surface area contributed by atoms with Gasteiger partial charge in [0.2, 0.25) is 0 Å². The second-order valence-electron chi connectivity index (χ2n) is 4.82. The summed E-state index contributed by atoms with van der Waals surface area (Å²) in [6, 6.07) is 8.39. The summed E-state index contributed by atoms with van der Waals surface area (Å²) in [5.74, 6) is 0.0196. The van der Waals surface area contributed by atoms with E-state index in [1.165, 1.54) is 22.5 Å². The molecule has 1 amide bonds. The highest BCUT2D eigenvalue weighted by Gasteiger charge is 2.12. The molecule has 3 rings (SSSR count). The Morgan fingerprint density at radius 2 is 2.10 bits per heavy atom. The first kappa shape index (κ1) is 15.0. The first-order valence-corrected chi connectivity index (χ1v) is 7.25. The fourth-order valence-electron chi connectivity index (χ4n) is 2.33. The third-order valence-electron chi connectivity index (χ3n) is 3.42. The first-order chi connectivity index (χ1) is 9.24. The van der Waals surface area contributed by atoms with E-state index in [-0.39, 0.29) is 18.3 Å². The van der Waals surface area contributed by atoms with Crippen molar-refractivity contribution in [3.8, 4) is 0 Å². The number of carbonyl (C=O) groups is 1. The lowest BCUT2D eigenvalue weighted by atomic mass is 10.1. The predicted molar refractivity (Wildman–Crippen MR) is 84.5 cm³/mol. The van der Waals surface area contributed by atoms with E-state index >= 15 is 0 Å². The van der Waals surface area contributed by atoms with Crippen LogP contribution in [0.25, 0.3) is 0 Å². The van der Waals surface area contributed by atoms with Gasteiger partial charge in [-0.05, 0) is 40.6 Å². The molecule has 1 aliphatic rings. The van der Waals surface area contributed by atoms with Crippen molar-refractivity contribution >= 4 is 29.7 Å². The molecular weight excluding hydrogens is 292 g/mol. The molecule has 1 aromatic carbocycles. The van der Waals surface area contributed by atoms with Gasteiger partial charge < -0.3 is 10.6 Å². The Morgan fingerprint density at radius 3 is 2.85 bits per heavy atom. The molecule has 2 N–H and O–H groups in total. The number of aryl methyl sites for hydroxylation is 1. The number of fused-ring (bicyclic) bond motifs is 1. The van der Waals surface area contributed by atoms with Crippen molar-refractivity contribution < 1.29 is 4.79 Å². The highest BCUT2D eigenvalue weighted by atomic mass is 35.5. The molecule has 0 spiro atoms. The molecule has 0 aliphatic carbocycles. The largest absolute Gasteiger partial charge is 0.347 e. The molecule has 0 saturated heterocycles. The molecule has 5 heteroatoms. The Balaban J connectivity index is 0.00000147. The highest BCUT2D eigenvalue weighted by Crippen LogP contribution is 2.18. The van der Waals surface area contributed by atoms with Crippen LogP contribution in [-0.4, -0.2) is 5.91 Å². The molecule has 0 atom stereocenters. The lowest BCUT2D eigenvalue weighted by molar-refractivity contribution is 0.0954. The number of amides is 1. The van der Waals surface area contributed by atoms with E-state index in [1.807, 2.05) is 18.4 Å². The molecule has 0 fully saturated rings. The monoisotopic (exact) mass is 308 g/mol. The highest BCUT2D eigenvalue weighted by molar-refractivity contribution is 7.12. The SMILES string of the molecule is Cc1ccsc1C(=O)NCc1ccc2c(c1)CNC2.Cl. The van der Waals surface area contributed by atoms with Crippen LogP contribution in [0.2, 0.25) is 0 Å². The van der Waals surface area contributed by atoms with E-state index in [0.29, 0.717) is 6.54 Å². The molecule has 1 aromatic heterocycles. The zero-order valence-corrected chi connectivity index (χ0v) is 12.9. The minimum Gasteiger partial charge on any atom is -0.347 e. The van der Waals surface area contributed by atoms with Crippen molar-refractivity contribution in [3.63, 3.8) is 0 Å². The van der Waals surface area contributed by atoms with Crippen LogP contribution in [0, 0.1) is 6.92 Å². The van der Waals surface area contributed by atoms with Crippen LogP contribution in [-0.2, 0) is 19.6 Å². The molecule has 0 bridgehead atoms. The van der Waals surface area contributed by atoms with Gasteiger partial charge in [0.25, 0.3) is 5.91 Å². The third-order valence-corrected chi connectivity index (χ3v) is 4.44. The Kier molecular flexibility index (Phi) is 4.81. The summed E-state index contributed by atoms with van der Waals surface area (Å²) < 4.78 is 0. The first-order valence-electron chi connectivity index (χ1n) is 6.38. The number of hydrogen-bond donors (Lipinski definition) is 2. The smallest absolute Gasteiger partial charge is 0.261 e. The van der Waals surface area contributed by atoms with Crippen LogP contribution in [0.5, 0.6) is 0 Å². The topological polar surface area (TPSA) is 41.1 Å². The van der Waals surface area contributed by atoms with Gasteiger partial charge in [0.15, 0.2) is 0 Å². The van der Waals surface area contributed by atoms with Gasteiger partial charge in [-0.1, -0.05) is 18.2 Å². The van der Waals surface area contributed by atoms with E-state index in [4.69, 9.17) is 0 Å². The second-order valence-corrected chi connectivity index (χ2v) is 5.74. The minimum absolute atomic E-state index is 0. The molecule has 20 heavy (non-hydrogen) atoms. The summed E-state index contributed by atoms with van der Waals surface area (Å²) in [6.07, 6.45) is 0. The number of hydrogen-bond acceptors (Lipinski definition) is 3. The summed E-state index contributed by atoms with van der Waals surface area (Å²) >= 11 is 1.49. The molecule has 0 radical (unpaired) electrons. The molecule has 3 nitrogen and oxygen atoms in total. The molecule has 0 saturated carbocycles. The van der Waals surface area contributed by atoms with Crippen molar-refractivity contribution in [1.82, 2.24) is 10.6 Å². The van der Waals surface area contributed by atoms with E-state index in [0.717, 1.165) is 29.1 Å². The number of rotatable bonds is 3. The fraction of sp³-hybridized carbons (Fsp3) is 0.267. The Bertz CT molecular complexity index is 624. The second kappa shape index (κ2) is 6.39. The molecule has 0 unspecified atom stereocenters. The number of halogens is 1. The maximum atomic E-state index is 12.0. The van der Waals surface area contributed by atoms with Gasteiger partial charge >= 0.3 is 0 Å². The molecule has 2 aromatic rings. The maximum absolute atomic E-state index is 12.0. The number of carbonyl (C=O) groups excluding carboxylic acids is 1. The number of benzene rings is 1. The van der Waals surface area contributed by atoms with Crippen molar-refractivity contribution in [2.75, 3.05) is 0 Å². The standard InChI is InChI=1S/C15H16N2OS.ClH/c1-10-4-5-19-14(10)15(18)17-7-11-2-3-12-8-16-9-13(12)6-11;/h2-6,16H,7-9H2,1H3,(H,17,18);1H. The van der Waals surface area contributed by atoms with Crippen molar-refractivity contribution in [2.45, 2.75) is 26.6 Å². The third kappa shape index (κ3) is 3.03. The van der Waals surface area contributed by atoms with Crippen LogP contribution >= 0.6 is 23.7 Å². The summed E-state index contributed by atoms with van der Waals surface area (Å²) in [5, 5.41) is 8.26. The molecule has 2 heterocycles. The van der Waals surface area contributed by atoms with Gasteiger partial charge in [-0.2, -0.15) is 0 Å². The van der Waals surface area contributed by atoms with Crippen LogP contribution in [0.15, 0.2) is 29.6 Å². The van der Waals surface area contributed by atoms with Crippen LogP contribution < -0.4 is 10.6 Å². The van der Waals surface area contributed by atoms with Gasteiger partial charge in [-0.3, -0.25) is 4.79 Å². The van der Waals surface area contributed by atoms with Crippen LogP contribution in [0.1, 0.15) is 31.9 Å². The Morgan fingerprint density at radius 1 is 1.30 bits per heavy atom. The van der Waals surface area contributed by atoms with Crippen molar-refractivity contribution in [3.05, 3.63) is 56.8 Å². The predicted octanol–water partition coefficient (Wildman–Crippen LogP) is 3.01. The van der Waals surface area contributed by atoms with E-state index in [9.17, 15) is 4.79 Å². The van der Waals surface area contributed by atoms with Crippen LogP contribution in [0.3, 0.4) is 0 Å². The number of nitrogens with one attached hydrogen (secondary N) is 2. The average Bonchev–Trinajstić information content (AvgIpc) is 3.03. The summed E-state index contributed by atoms with van der Waals surface area (Å²) in [7, 11) is 0. The molecule has 1 aliphatic heterocycles. The van der Waals surface area contributed by atoms with E-state index in [2.05, 4.69) is 28.8 Å². The zero-order chi connectivity index (χ0) is 13.2. The fourth-order valence-corrected chi connectivity index (χ4v) is 3.17. The normalized spacial score (nSPS) is 12.7. The lowest BCUT2D eigenvalue weighted by Gasteiger charge is -2.06. The van der Waals surface area contributed by atoms with Gasteiger partial charge in [-0.15, -0.1) is 23.7 Å². The van der Waals surface area contributed by atoms with E-state index < -0.39 is 0 Å². The van der Waals surface area contributed by atoms with Gasteiger partial charge in [0.1, 0.15) is 0 Å². The molecule has 106 valence electrons. The van der Waals surface area contributed by atoms with Crippen molar-refractivity contribution in [1.29, 1.82) is 0 Å². The van der Waals surface area contributed by atoms with E-state index in [1.54, 1.807) is 0 Å². The summed E-state index contributed by atoms with van der Waals surface area (Å²) in [4.78, 5) is 12.8. The summed E-state index contributed by atoms with van der Waals surface area (Å²) in [5.41, 5.74) is 4.91. The average molecular weight is 309 g/mol. The minimum atomic E-state index is 0. The molecular formula is C15H17ClN2OS. The zero-order valence-electron chi connectivity index (χ0n) is 11.2. The summed E-state index contributed by atoms with van der Waals surface area (Å²) in [6.45, 7) is 4.44. The maximum Gasteiger partial charge on any atom is 0.261 e. The van der Waals surface area contributed by atoms with Crippen molar-refractivity contribution in [2.24, 2.45) is 0 Å². The van der Waals surface area contributed by atoms with Gasteiger partial charge in [-0.25, -0.2) is 0 Å².